The smallest absolute Gasteiger partial charge is 0.448 e. The zero-order valence-electron chi connectivity index (χ0n) is 7.81. The molecule has 0 aliphatic carbocycles. The standard InChI is InChI=1S/C7H5BF5S.K/c9-5-1-2-6(10)7(3-5)14-4-8(11,12)13;/h1-3H,4H2;/q-1;+1. The summed E-state index contributed by atoms with van der Waals surface area (Å²) in [5.74, 6) is -1.58. The van der Waals surface area contributed by atoms with Gasteiger partial charge in [0, 0.05) is 4.90 Å². The Labute approximate surface area is 130 Å². The summed E-state index contributed by atoms with van der Waals surface area (Å²) in [6, 6.07) is 2.42. The maximum Gasteiger partial charge on any atom is 1.00 e. The largest absolute Gasteiger partial charge is 1.00 e. The van der Waals surface area contributed by atoms with Gasteiger partial charge < -0.3 is 12.9 Å². The zero-order valence-corrected chi connectivity index (χ0v) is 11.8. The molecular formula is C7H5BF5KS. The number of hydrogen-bond donors (Lipinski definition) is 0. The summed E-state index contributed by atoms with van der Waals surface area (Å²) >= 11 is 0.256. The van der Waals surface area contributed by atoms with Gasteiger partial charge in [0.1, 0.15) is 11.6 Å². The molecule has 0 fully saturated rings. The van der Waals surface area contributed by atoms with E-state index in [9.17, 15) is 21.7 Å². The van der Waals surface area contributed by atoms with E-state index in [-0.39, 0.29) is 68.0 Å². The van der Waals surface area contributed by atoms with Gasteiger partial charge in [-0.25, -0.2) is 8.78 Å². The first-order chi connectivity index (χ1) is 6.38. The number of rotatable bonds is 3. The van der Waals surface area contributed by atoms with Crippen LogP contribution in [-0.2, 0) is 0 Å². The third kappa shape index (κ3) is 6.28. The molecule has 0 spiro atoms. The summed E-state index contributed by atoms with van der Waals surface area (Å²) in [5.41, 5.74) is -1.17. The van der Waals surface area contributed by atoms with E-state index < -0.39 is 24.3 Å². The molecule has 0 aliphatic heterocycles. The fraction of sp³-hybridized carbons (Fsp3) is 0.143. The van der Waals surface area contributed by atoms with Crippen LogP contribution in [0.3, 0.4) is 0 Å². The Balaban J connectivity index is 0.00000196. The first-order valence-electron chi connectivity index (χ1n) is 3.67. The predicted octanol–water partition coefficient (Wildman–Crippen LogP) is 0.448. The summed E-state index contributed by atoms with van der Waals surface area (Å²) < 4.78 is 60.7. The van der Waals surface area contributed by atoms with E-state index in [1.165, 1.54) is 0 Å². The first-order valence-corrected chi connectivity index (χ1v) is 4.66. The van der Waals surface area contributed by atoms with E-state index in [0.717, 1.165) is 18.2 Å². The molecule has 78 valence electrons. The van der Waals surface area contributed by atoms with Crippen molar-refractivity contribution in [2.45, 2.75) is 4.90 Å². The van der Waals surface area contributed by atoms with Gasteiger partial charge in [0.15, 0.2) is 0 Å². The Hall–Kier alpha value is 0.921. The van der Waals surface area contributed by atoms with Crippen molar-refractivity contribution in [2.24, 2.45) is 0 Å². The van der Waals surface area contributed by atoms with Crippen LogP contribution in [0.1, 0.15) is 0 Å². The van der Waals surface area contributed by atoms with Crippen molar-refractivity contribution in [1.29, 1.82) is 0 Å². The van der Waals surface area contributed by atoms with Gasteiger partial charge in [-0.15, -0.1) is 0 Å². The second-order valence-corrected chi connectivity index (χ2v) is 3.66. The molecule has 0 heterocycles. The molecule has 1 aromatic carbocycles. The maximum atomic E-state index is 12.8. The molecule has 0 atom stereocenters. The van der Waals surface area contributed by atoms with Crippen molar-refractivity contribution in [3.63, 3.8) is 0 Å². The number of halogens is 5. The van der Waals surface area contributed by atoms with Gasteiger partial charge in [-0.2, -0.15) is 11.8 Å². The molecule has 0 radical (unpaired) electrons. The van der Waals surface area contributed by atoms with Gasteiger partial charge in [-0.1, -0.05) is 0 Å². The Bertz CT molecular complexity index is 330. The van der Waals surface area contributed by atoms with Crippen LogP contribution in [0.25, 0.3) is 0 Å². The van der Waals surface area contributed by atoms with E-state index in [0.29, 0.717) is 0 Å². The van der Waals surface area contributed by atoms with Crippen LogP contribution in [0.2, 0.25) is 0 Å². The fourth-order valence-corrected chi connectivity index (χ4v) is 1.54. The van der Waals surface area contributed by atoms with Gasteiger partial charge in [-0.05, 0) is 23.9 Å². The second kappa shape index (κ2) is 6.61. The van der Waals surface area contributed by atoms with Crippen LogP contribution in [0.4, 0.5) is 21.7 Å². The normalized spacial score (nSPS) is 11.0. The van der Waals surface area contributed by atoms with E-state index in [1.807, 2.05) is 0 Å². The molecule has 15 heavy (non-hydrogen) atoms. The quantitative estimate of drug-likeness (QED) is 0.435. The third-order valence-corrected chi connectivity index (χ3v) is 2.49. The molecule has 0 aliphatic rings. The van der Waals surface area contributed by atoms with Crippen LogP contribution in [0.15, 0.2) is 23.1 Å². The molecule has 0 nitrogen and oxygen atoms in total. The summed E-state index contributed by atoms with van der Waals surface area (Å²) in [6.45, 7) is -4.98. The molecule has 0 saturated carbocycles. The van der Waals surface area contributed by atoms with Crippen LogP contribution in [-0.4, -0.2) is 12.6 Å². The predicted molar refractivity (Wildman–Crippen MR) is 46.2 cm³/mol. The van der Waals surface area contributed by atoms with Gasteiger partial charge in [-0.3, -0.25) is 0 Å². The van der Waals surface area contributed by atoms with Crippen molar-refractivity contribution < 1.29 is 73.1 Å². The summed E-state index contributed by atoms with van der Waals surface area (Å²) in [5, 5.41) is 0. The Morgan fingerprint density at radius 3 is 2.27 bits per heavy atom. The minimum absolute atomic E-state index is 0. The summed E-state index contributed by atoms with van der Waals surface area (Å²) in [7, 11) is 0. The SMILES string of the molecule is Fc1ccc(F)c(SC[B-](F)(F)F)c1.[K+]. The van der Waals surface area contributed by atoms with Gasteiger partial charge in [0.25, 0.3) is 0 Å². The fourth-order valence-electron chi connectivity index (χ4n) is 0.772. The molecule has 0 aromatic heterocycles. The molecule has 1 aromatic rings. The first kappa shape index (κ1) is 15.9. The van der Waals surface area contributed by atoms with E-state index >= 15 is 0 Å². The topological polar surface area (TPSA) is 0 Å². The molecule has 0 unspecified atom stereocenters. The van der Waals surface area contributed by atoms with Crippen molar-refractivity contribution in [3.8, 4) is 0 Å². The Morgan fingerprint density at radius 1 is 1.13 bits per heavy atom. The van der Waals surface area contributed by atoms with Crippen molar-refractivity contribution in [1.82, 2.24) is 0 Å². The van der Waals surface area contributed by atoms with Crippen LogP contribution >= 0.6 is 11.8 Å². The average Bonchev–Trinajstić information content (AvgIpc) is 2.05. The number of benzene rings is 1. The average molecular weight is 266 g/mol. The Kier molecular flexibility index (Phi) is 7.01. The van der Waals surface area contributed by atoms with Crippen LogP contribution in [0.5, 0.6) is 0 Å². The number of hydrogen-bond acceptors (Lipinski definition) is 1. The van der Waals surface area contributed by atoms with Crippen molar-refractivity contribution >= 4 is 18.7 Å². The molecule has 1 rings (SSSR count). The third-order valence-electron chi connectivity index (χ3n) is 1.32. The zero-order chi connectivity index (χ0) is 10.8. The summed E-state index contributed by atoms with van der Waals surface area (Å²) in [6.07, 6.45) is 0. The van der Waals surface area contributed by atoms with Gasteiger partial charge in [0.05, 0.1) is 0 Å². The van der Waals surface area contributed by atoms with E-state index in [1.54, 1.807) is 0 Å². The van der Waals surface area contributed by atoms with Crippen LogP contribution < -0.4 is 51.4 Å². The van der Waals surface area contributed by atoms with Gasteiger partial charge >= 0.3 is 58.4 Å². The minimum Gasteiger partial charge on any atom is -0.448 e. The molecule has 8 heteroatoms. The van der Waals surface area contributed by atoms with E-state index in [2.05, 4.69) is 0 Å². The van der Waals surface area contributed by atoms with Gasteiger partial charge in [0.2, 0.25) is 0 Å². The molecular weight excluding hydrogens is 261 g/mol. The molecule has 0 saturated heterocycles. The van der Waals surface area contributed by atoms with Crippen molar-refractivity contribution in [2.75, 3.05) is 5.65 Å². The molecule has 0 bridgehead atoms. The Morgan fingerprint density at radius 2 is 1.73 bits per heavy atom. The molecule has 0 amide bonds. The van der Waals surface area contributed by atoms with E-state index in [4.69, 9.17) is 0 Å². The maximum absolute atomic E-state index is 12.8. The summed E-state index contributed by atoms with van der Waals surface area (Å²) in [4.78, 5) is -0.316. The monoisotopic (exact) mass is 266 g/mol. The second-order valence-electron chi connectivity index (χ2n) is 2.60. The molecule has 0 N–H and O–H groups in total. The number of thioether (sulfide) groups is 1. The minimum atomic E-state index is -4.98. The van der Waals surface area contributed by atoms with Crippen molar-refractivity contribution in [3.05, 3.63) is 29.8 Å². The van der Waals surface area contributed by atoms with Crippen LogP contribution in [0, 0.1) is 11.6 Å².